The summed E-state index contributed by atoms with van der Waals surface area (Å²) in [5.41, 5.74) is 0.325. The number of hydrogen-bond acceptors (Lipinski definition) is 4. The molecule has 3 rings (SSSR count). The number of esters is 1. The van der Waals surface area contributed by atoms with Gasteiger partial charge in [0.05, 0.1) is 7.11 Å². The number of fused-ring (bicyclic) bond motifs is 1. The summed E-state index contributed by atoms with van der Waals surface area (Å²) in [5, 5.41) is 4.85. The summed E-state index contributed by atoms with van der Waals surface area (Å²) >= 11 is 0. The van der Waals surface area contributed by atoms with E-state index in [-0.39, 0.29) is 18.6 Å². The maximum absolute atomic E-state index is 12.4. The third-order valence-electron chi connectivity index (χ3n) is 5.00. The highest BCUT2D eigenvalue weighted by Crippen LogP contribution is 2.27. The van der Waals surface area contributed by atoms with Crippen molar-refractivity contribution in [1.82, 2.24) is 5.32 Å². The van der Waals surface area contributed by atoms with Gasteiger partial charge in [0.1, 0.15) is 11.3 Å². The highest BCUT2D eigenvalue weighted by atomic mass is 16.5. The maximum atomic E-state index is 12.4. The minimum Gasteiger partial charge on any atom is -0.496 e. The molecule has 1 N–H and O–H groups in total. The Labute approximate surface area is 153 Å². The highest BCUT2D eigenvalue weighted by molar-refractivity contribution is 5.99. The monoisotopic (exact) mass is 355 g/mol. The van der Waals surface area contributed by atoms with Crippen molar-refractivity contribution in [2.45, 2.75) is 38.6 Å². The number of methoxy groups -OCH3 is 1. The lowest BCUT2D eigenvalue weighted by Gasteiger charge is -2.26. The summed E-state index contributed by atoms with van der Waals surface area (Å²) in [6.07, 6.45) is 4.22. The van der Waals surface area contributed by atoms with E-state index in [1.807, 2.05) is 24.3 Å². The number of amides is 1. The lowest BCUT2D eigenvalue weighted by atomic mass is 9.87. The number of benzene rings is 2. The van der Waals surface area contributed by atoms with E-state index in [0.29, 0.717) is 11.3 Å². The molecule has 138 valence electrons. The van der Waals surface area contributed by atoms with Crippen LogP contribution in [-0.2, 0) is 9.53 Å². The first-order valence-electron chi connectivity index (χ1n) is 9.10. The van der Waals surface area contributed by atoms with Crippen molar-refractivity contribution < 1.29 is 19.1 Å². The van der Waals surface area contributed by atoms with E-state index in [9.17, 15) is 9.59 Å². The first-order valence-corrected chi connectivity index (χ1v) is 9.10. The molecule has 0 bridgehead atoms. The third-order valence-corrected chi connectivity index (χ3v) is 5.00. The van der Waals surface area contributed by atoms with Gasteiger partial charge in [-0.1, -0.05) is 31.2 Å². The molecule has 0 aromatic heterocycles. The van der Waals surface area contributed by atoms with Gasteiger partial charge in [0, 0.05) is 6.04 Å². The Morgan fingerprint density at radius 2 is 1.73 bits per heavy atom. The number of nitrogens with one attached hydrogen (secondary N) is 1. The Hall–Kier alpha value is -2.56. The SMILES string of the molecule is COc1cc2ccccc2cc1C(=O)OCC(=O)NC1CCC(C)CC1. The molecule has 0 heterocycles. The Kier molecular flexibility index (Phi) is 5.76. The fourth-order valence-electron chi connectivity index (χ4n) is 3.43. The van der Waals surface area contributed by atoms with Crippen LogP contribution in [0.3, 0.4) is 0 Å². The van der Waals surface area contributed by atoms with Crippen LogP contribution in [0.2, 0.25) is 0 Å². The van der Waals surface area contributed by atoms with Crippen LogP contribution in [0.25, 0.3) is 10.8 Å². The number of rotatable bonds is 5. The van der Waals surface area contributed by atoms with Gasteiger partial charge in [-0.3, -0.25) is 4.79 Å². The maximum Gasteiger partial charge on any atom is 0.342 e. The summed E-state index contributed by atoms with van der Waals surface area (Å²) < 4.78 is 10.5. The molecule has 2 aromatic rings. The van der Waals surface area contributed by atoms with Gasteiger partial charge in [0.2, 0.25) is 0 Å². The summed E-state index contributed by atoms with van der Waals surface area (Å²) in [4.78, 5) is 24.5. The van der Waals surface area contributed by atoms with Crippen molar-refractivity contribution in [3.63, 3.8) is 0 Å². The molecular weight excluding hydrogens is 330 g/mol. The lowest BCUT2D eigenvalue weighted by molar-refractivity contribution is -0.125. The Balaban J connectivity index is 1.61. The van der Waals surface area contributed by atoms with Gasteiger partial charge in [0.15, 0.2) is 6.61 Å². The largest absolute Gasteiger partial charge is 0.496 e. The number of hydrogen-bond donors (Lipinski definition) is 1. The first kappa shape index (κ1) is 18.2. The molecule has 0 aliphatic heterocycles. The predicted molar refractivity (Wildman–Crippen MR) is 100 cm³/mol. The molecule has 1 fully saturated rings. The van der Waals surface area contributed by atoms with Crippen LogP contribution >= 0.6 is 0 Å². The van der Waals surface area contributed by atoms with E-state index in [0.717, 1.165) is 42.4 Å². The zero-order valence-electron chi connectivity index (χ0n) is 15.3. The van der Waals surface area contributed by atoms with Gasteiger partial charge < -0.3 is 14.8 Å². The van der Waals surface area contributed by atoms with E-state index in [1.165, 1.54) is 7.11 Å². The molecule has 1 aliphatic carbocycles. The van der Waals surface area contributed by atoms with Crippen molar-refractivity contribution in [2.24, 2.45) is 5.92 Å². The second-order valence-corrected chi connectivity index (χ2v) is 7.00. The Morgan fingerprint density at radius 3 is 2.38 bits per heavy atom. The molecule has 5 nitrogen and oxygen atoms in total. The second kappa shape index (κ2) is 8.21. The topological polar surface area (TPSA) is 64.6 Å². The minimum absolute atomic E-state index is 0.188. The Morgan fingerprint density at radius 1 is 1.08 bits per heavy atom. The fourth-order valence-corrected chi connectivity index (χ4v) is 3.43. The Bertz CT molecular complexity index is 794. The van der Waals surface area contributed by atoms with E-state index in [2.05, 4.69) is 12.2 Å². The second-order valence-electron chi connectivity index (χ2n) is 7.00. The zero-order chi connectivity index (χ0) is 18.5. The average Bonchev–Trinajstić information content (AvgIpc) is 2.66. The van der Waals surface area contributed by atoms with Crippen LogP contribution in [0.4, 0.5) is 0 Å². The zero-order valence-corrected chi connectivity index (χ0v) is 15.3. The van der Waals surface area contributed by atoms with E-state index < -0.39 is 5.97 Å². The molecule has 0 atom stereocenters. The van der Waals surface area contributed by atoms with E-state index in [1.54, 1.807) is 12.1 Å². The normalized spacial score (nSPS) is 19.8. The van der Waals surface area contributed by atoms with Gasteiger partial charge in [0.25, 0.3) is 5.91 Å². The van der Waals surface area contributed by atoms with Crippen LogP contribution in [0.5, 0.6) is 5.75 Å². The van der Waals surface area contributed by atoms with Crippen LogP contribution < -0.4 is 10.1 Å². The fraction of sp³-hybridized carbons (Fsp3) is 0.429. The van der Waals surface area contributed by atoms with Crippen molar-refractivity contribution in [3.05, 3.63) is 42.0 Å². The molecule has 1 aliphatic rings. The minimum atomic E-state index is -0.556. The van der Waals surface area contributed by atoms with Crippen LogP contribution in [0.15, 0.2) is 36.4 Å². The molecule has 2 aromatic carbocycles. The molecule has 26 heavy (non-hydrogen) atoms. The van der Waals surface area contributed by atoms with Gasteiger partial charge in [-0.2, -0.15) is 0 Å². The summed E-state index contributed by atoms with van der Waals surface area (Å²) in [6.45, 7) is 1.96. The lowest BCUT2D eigenvalue weighted by Crippen LogP contribution is -2.39. The van der Waals surface area contributed by atoms with Crippen molar-refractivity contribution in [1.29, 1.82) is 0 Å². The standard InChI is InChI=1S/C21H25NO4/c1-14-7-9-17(10-8-14)22-20(23)13-26-21(24)18-11-15-5-3-4-6-16(15)12-19(18)25-2/h3-6,11-12,14,17H,7-10,13H2,1-2H3,(H,22,23). The van der Waals surface area contributed by atoms with Gasteiger partial charge in [-0.25, -0.2) is 4.79 Å². The number of carbonyl (C=O) groups excluding carboxylic acids is 2. The smallest absolute Gasteiger partial charge is 0.342 e. The van der Waals surface area contributed by atoms with Gasteiger partial charge in [-0.15, -0.1) is 0 Å². The van der Waals surface area contributed by atoms with Crippen molar-refractivity contribution in [2.75, 3.05) is 13.7 Å². The highest BCUT2D eigenvalue weighted by Gasteiger charge is 2.21. The molecule has 1 saturated carbocycles. The van der Waals surface area contributed by atoms with Crippen LogP contribution in [-0.4, -0.2) is 31.6 Å². The third kappa shape index (κ3) is 4.34. The van der Waals surface area contributed by atoms with Crippen LogP contribution in [0.1, 0.15) is 43.0 Å². The molecule has 0 unspecified atom stereocenters. The molecule has 5 heteroatoms. The van der Waals surface area contributed by atoms with Crippen LogP contribution in [0, 0.1) is 5.92 Å². The molecule has 0 spiro atoms. The van der Waals surface area contributed by atoms with Gasteiger partial charge in [-0.05, 0) is 54.5 Å². The first-order chi connectivity index (χ1) is 12.6. The average molecular weight is 355 g/mol. The number of ether oxygens (including phenoxy) is 2. The molecule has 1 amide bonds. The number of carbonyl (C=O) groups is 2. The van der Waals surface area contributed by atoms with E-state index >= 15 is 0 Å². The predicted octanol–water partition coefficient (Wildman–Crippen LogP) is 3.70. The molecule has 0 saturated heterocycles. The quantitative estimate of drug-likeness (QED) is 0.831. The summed E-state index contributed by atoms with van der Waals surface area (Å²) in [7, 11) is 1.51. The molecular formula is C21H25NO4. The molecule has 0 radical (unpaired) electrons. The van der Waals surface area contributed by atoms with Gasteiger partial charge >= 0.3 is 5.97 Å². The summed E-state index contributed by atoms with van der Waals surface area (Å²) in [6, 6.07) is 11.4. The van der Waals surface area contributed by atoms with E-state index in [4.69, 9.17) is 9.47 Å². The van der Waals surface area contributed by atoms with Crippen molar-refractivity contribution >= 4 is 22.6 Å². The summed E-state index contributed by atoms with van der Waals surface area (Å²) in [5.74, 6) is 0.356. The van der Waals surface area contributed by atoms with Crippen molar-refractivity contribution in [3.8, 4) is 5.75 Å².